The van der Waals surface area contributed by atoms with Crippen LogP contribution in [0.2, 0.25) is 0 Å². The number of hydrogen-bond donors (Lipinski definition) is 1. The summed E-state index contributed by atoms with van der Waals surface area (Å²) < 4.78 is 12.4. The number of aliphatic hydroxyl groups excluding tert-OH is 1. The number of aliphatic hydroxyl groups is 1. The van der Waals surface area contributed by atoms with Crippen molar-refractivity contribution >= 4 is 0 Å². The Bertz CT molecular complexity index is 551. The molecule has 0 bridgehead atoms. The molecule has 2 rings (SSSR count). The van der Waals surface area contributed by atoms with E-state index in [1.807, 2.05) is 17.7 Å². The van der Waals surface area contributed by atoms with E-state index in [0.717, 1.165) is 6.54 Å². The fourth-order valence-electron chi connectivity index (χ4n) is 2.03. The zero-order valence-electron chi connectivity index (χ0n) is 11.3. The van der Waals surface area contributed by atoms with Gasteiger partial charge < -0.3 is 19.1 Å². The molecule has 0 amide bonds. The van der Waals surface area contributed by atoms with E-state index in [1.54, 1.807) is 38.6 Å². The molecule has 2 aromatic rings. The lowest BCUT2D eigenvalue weighted by atomic mass is 10.1. The molecule has 0 radical (unpaired) electrons. The van der Waals surface area contributed by atoms with Gasteiger partial charge in [-0.05, 0) is 25.1 Å². The Morgan fingerprint density at radius 2 is 2.11 bits per heavy atom. The normalized spacial score (nSPS) is 12.2. The Kier molecular flexibility index (Phi) is 4.06. The molecule has 102 valence electrons. The second-order valence-corrected chi connectivity index (χ2v) is 4.08. The van der Waals surface area contributed by atoms with Crippen molar-refractivity contribution in [2.75, 3.05) is 14.2 Å². The van der Waals surface area contributed by atoms with Gasteiger partial charge in [0.15, 0.2) is 0 Å². The Morgan fingerprint density at radius 3 is 2.74 bits per heavy atom. The van der Waals surface area contributed by atoms with Crippen LogP contribution in [0.15, 0.2) is 30.6 Å². The van der Waals surface area contributed by atoms with Crippen molar-refractivity contribution in [3.63, 3.8) is 0 Å². The molecular formula is C14H18N2O3. The van der Waals surface area contributed by atoms with Crippen molar-refractivity contribution in [1.82, 2.24) is 9.55 Å². The molecule has 0 saturated carbocycles. The number of benzene rings is 1. The smallest absolute Gasteiger partial charge is 0.142 e. The van der Waals surface area contributed by atoms with Gasteiger partial charge in [-0.2, -0.15) is 0 Å². The molecule has 0 aliphatic heterocycles. The number of aromatic nitrogens is 2. The molecule has 1 N–H and O–H groups in total. The minimum absolute atomic E-state index is 0.592. The third kappa shape index (κ3) is 2.56. The van der Waals surface area contributed by atoms with Crippen molar-refractivity contribution in [2.24, 2.45) is 0 Å². The summed E-state index contributed by atoms with van der Waals surface area (Å²) in [6.45, 7) is 2.75. The van der Waals surface area contributed by atoms with Crippen LogP contribution >= 0.6 is 0 Å². The van der Waals surface area contributed by atoms with Crippen molar-refractivity contribution in [2.45, 2.75) is 19.6 Å². The van der Waals surface area contributed by atoms with Crippen LogP contribution in [0.3, 0.4) is 0 Å². The Balaban J connectivity index is 2.45. The van der Waals surface area contributed by atoms with Gasteiger partial charge in [-0.15, -0.1) is 0 Å². The highest BCUT2D eigenvalue weighted by Gasteiger charge is 2.20. The number of aryl methyl sites for hydroxylation is 1. The first-order valence-corrected chi connectivity index (χ1v) is 6.12. The molecule has 1 aromatic carbocycles. The third-order valence-electron chi connectivity index (χ3n) is 3.06. The maximum absolute atomic E-state index is 10.5. The molecule has 5 heteroatoms. The number of imidazole rings is 1. The third-order valence-corrected chi connectivity index (χ3v) is 3.06. The van der Waals surface area contributed by atoms with Crippen molar-refractivity contribution in [3.8, 4) is 11.5 Å². The lowest BCUT2D eigenvalue weighted by molar-refractivity contribution is 0.199. The summed E-state index contributed by atoms with van der Waals surface area (Å²) in [4.78, 5) is 4.21. The molecule has 0 unspecified atom stereocenters. The summed E-state index contributed by atoms with van der Waals surface area (Å²) in [5.74, 6) is 1.87. The van der Waals surface area contributed by atoms with E-state index in [9.17, 15) is 5.11 Å². The molecule has 0 spiro atoms. The van der Waals surface area contributed by atoms with E-state index in [0.29, 0.717) is 22.9 Å². The first-order chi connectivity index (χ1) is 9.21. The fraction of sp³-hybridized carbons (Fsp3) is 0.357. The second kappa shape index (κ2) is 5.75. The minimum Gasteiger partial charge on any atom is -0.497 e. The van der Waals surface area contributed by atoms with Crippen LogP contribution in [0.5, 0.6) is 11.5 Å². The molecule has 5 nitrogen and oxygen atoms in total. The van der Waals surface area contributed by atoms with Crippen LogP contribution in [0.25, 0.3) is 0 Å². The van der Waals surface area contributed by atoms with E-state index in [1.165, 1.54) is 0 Å². The zero-order valence-corrected chi connectivity index (χ0v) is 11.3. The maximum Gasteiger partial charge on any atom is 0.142 e. The summed E-state index contributed by atoms with van der Waals surface area (Å²) in [7, 11) is 3.16. The van der Waals surface area contributed by atoms with Gasteiger partial charge in [-0.3, -0.25) is 0 Å². The molecular weight excluding hydrogens is 244 g/mol. The zero-order chi connectivity index (χ0) is 13.8. The van der Waals surface area contributed by atoms with Crippen molar-refractivity contribution in [1.29, 1.82) is 0 Å². The predicted molar refractivity (Wildman–Crippen MR) is 71.5 cm³/mol. The highest BCUT2D eigenvalue weighted by Crippen LogP contribution is 2.32. The average molecular weight is 262 g/mol. The van der Waals surface area contributed by atoms with Crippen molar-refractivity contribution < 1.29 is 14.6 Å². The maximum atomic E-state index is 10.5. The number of ether oxygens (including phenoxy) is 2. The molecule has 19 heavy (non-hydrogen) atoms. The Hall–Kier alpha value is -2.01. The molecule has 0 saturated heterocycles. The molecule has 1 heterocycles. The predicted octanol–water partition coefficient (Wildman–Crippen LogP) is 2.00. The fourth-order valence-corrected chi connectivity index (χ4v) is 2.03. The SMILES string of the molecule is CCn1ccnc1[C@@H](O)c1cc(OC)ccc1OC. The summed E-state index contributed by atoms with van der Waals surface area (Å²) in [5, 5.41) is 10.5. The molecule has 0 aliphatic rings. The van der Waals surface area contributed by atoms with Crippen LogP contribution in [-0.2, 0) is 6.54 Å². The van der Waals surface area contributed by atoms with Crippen LogP contribution in [0.4, 0.5) is 0 Å². The Morgan fingerprint density at radius 1 is 1.32 bits per heavy atom. The number of hydrogen-bond acceptors (Lipinski definition) is 4. The topological polar surface area (TPSA) is 56.5 Å². The highest BCUT2D eigenvalue weighted by molar-refractivity contribution is 5.43. The summed E-state index contributed by atoms with van der Waals surface area (Å²) in [6, 6.07) is 5.33. The largest absolute Gasteiger partial charge is 0.497 e. The lowest BCUT2D eigenvalue weighted by Crippen LogP contribution is -2.10. The van der Waals surface area contributed by atoms with Gasteiger partial charge in [0.25, 0.3) is 0 Å². The highest BCUT2D eigenvalue weighted by atomic mass is 16.5. The number of rotatable bonds is 5. The average Bonchev–Trinajstić information content (AvgIpc) is 2.94. The van der Waals surface area contributed by atoms with Crippen LogP contribution < -0.4 is 9.47 Å². The van der Waals surface area contributed by atoms with Crippen molar-refractivity contribution in [3.05, 3.63) is 42.0 Å². The first-order valence-electron chi connectivity index (χ1n) is 6.12. The van der Waals surface area contributed by atoms with E-state index >= 15 is 0 Å². The molecule has 0 fully saturated rings. The number of methoxy groups -OCH3 is 2. The van der Waals surface area contributed by atoms with Crippen LogP contribution in [0.1, 0.15) is 24.4 Å². The quantitative estimate of drug-likeness (QED) is 0.895. The molecule has 1 aromatic heterocycles. The van der Waals surface area contributed by atoms with Crippen LogP contribution in [-0.4, -0.2) is 28.9 Å². The monoisotopic (exact) mass is 262 g/mol. The first kappa shape index (κ1) is 13.4. The van der Waals surface area contributed by atoms with Gasteiger partial charge in [-0.1, -0.05) is 0 Å². The van der Waals surface area contributed by atoms with E-state index in [-0.39, 0.29) is 0 Å². The Labute approximate surface area is 112 Å². The second-order valence-electron chi connectivity index (χ2n) is 4.08. The summed E-state index contributed by atoms with van der Waals surface area (Å²) >= 11 is 0. The van der Waals surface area contributed by atoms with Gasteiger partial charge in [-0.25, -0.2) is 4.98 Å². The lowest BCUT2D eigenvalue weighted by Gasteiger charge is -2.16. The molecule has 0 aliphatic carbocycles. The summed E-state index contributed by atoms with van der Waals surface area (Å²) in [5.41, 5.74) is 0.641. The van der Waals surface area contributed by atoms with Gasteiger partial charge in [0.1, 0.15) is 23.4 Å². The standard InChI is InChI=1S/C14H18N2O3/c1-4-16-8-7-15-14(16)13(17)11-9-10(18-2)5-6-12(11)19-3/h5-9,13,17H,4H2,1-3H3/t13-/m0/s1. The van der Waals surface area contributed by atoms with E-state index in [2.05, 4.69) is 4.98 Å². The number of nitrogens with zero attached hydrogens (tertiary/aromatic N) is 2. The van der Waals surface area contributed by atoms with E-state index < -0.39 is 6.10 Å². The molecule has 1 atom stereocenters. The van der Waals surface area contributed by atoms with Gasteiger partial charge in [0.05, 0.1) is 14.2 Å². The van der Waals surface area contributed by atoms with E-state index in [4.69, 9.17) is 9.47 Å². The van der Waals surface area contributed by atoms with Crippen LogP contribution in [0, 0.1) is 0 Å². The van der Waals surface area contributed by atoms with Gasteiger partial charge in [0.2, 0.25) is 0 Å². The van der Waals surface area contributed by atoms with Gasteiger partial charge >= 0.3 is 0 Å². The van der Waals surface area contributed by atoms with Gasteiger partial charge in [0, 0.05) is 24.5 Å². The summed E-state index contributed by atoms with van der Waals surface area (Å²) in [6.07, 6.45) is 2.67. The minimum atomic E-state index is -0.847.